The van der Waals surface area contributed by atoms with Gasteiger partial charge in [-0.15, -0.1) is 0 Å². The van der Waals surface area contributed by atoms with Gasteiger partial charge < -0.3 is 13.6 Å². The molecule has 0 rings (SSSR count). The Morgan fingerprint density at radius 3 is 1.00 bits per heavy atom. The number of hydrogen-bond acceptors (Lipinski definition) is 7. The molecule has 0 aromatic heterocycles. The van der Waals surface area contributed by atoms with Crippen molar-refractivity contribution < 1.29 is 31.7 Å². The van der Waals surface area contributed by atoms with Gasteiger partial charge in [0.05, 0.1) is 0 Å². The molecular formula is C6H18O7P2. The minimum Gasteiger partial charge on any atom is -0.316 e. The monoisotopic (exact) mass is 264 g/mol. The van der Waals surface area contributed by atoms with Gasteiger partial charge in [0.25, 0.3) is 0 Å². The highest BCUT2D eigenvalue weighted by molar-refractivity contribution is 7.48. The maximum atomic E-state index is 10.7. The van der Waals surface area contributed by atoms with Crippen LogP contribution in [0.15, 0.2) is 0 Å². The molecule has 0 atom stereocenters. The Bertz CT molecular complexity index is 148. The van der Waals surface area contributed by atoms with Crippen molar-refractivity contribution in [2.75, 3.05) is 42.7 Å². The molecule has 0 N–H and O–H groups in total. The molecule has 0 saturated heterocycles. The third-order valence-corrected chi connectivity index (χ3v) is 3.35. The summed E-state index contributed by atoms with van der Waals surface area (Å²) in [6, 6.07) is 0. The Balaban J connectivity index is 0. The summed E-state index contributed by atoms with van der Waals surface area (Å²) in [7, 11) is 4.18. The summed E-state index contributed by atoms with van der Waals surface area (Å²) in [6.07, 6.45) is 0. The van der Waals surface area contributed by atoms with E-state index in [9.17, 15) is 4.57 Å². The fraction of sp³-hybridized carbons (Fsp3) is 1.00. The lowest BCUT2D eigenvalue weighted by Crippen LogP contribution is -1.88. The van der Waals surface area contributed by atoms with E-state index in [1.165, 1.54) is 21.3 Å². The zero-order valence-corrected chi connectivity index (χ0v) is 11.5. The lowest BCUT2D eigenvalue weighted by atomic mass is 11.8. The van der Waals surface area contributed by atoms with Gasteiger partial charge in [-0.1, -0.05) is 0 Å². The second-order valence-electron chi connectivity index (χ2n) is 1.77. The van der Waals surface area contributed by atoms with Crippen LogP contribution in [0.4, 0.5) is 0 Å². The van der Waals surface area contributed by atoms with E-state index in [1.807, 2.05) is 0 Å². The molecular weight excluding hydrogens is 246 g/mol. The molecule has 9 heteroatoms. The van der Waals surface area contributed by atoms with Crippen LogP contribution in [-0.2, 0) is 31.7 Å². The van der Waals surface area contributed by atoms with Crippen molar-refractivity contribution in [1.29, 1.82) is 0 Å². The van der Waals surface area contributed by atoms with E-state index in [2.05, 4.69) is 27.1 Å². The highest BCUT2D eigenvalue weighted by Gasteiger charge is 2.18. The molecule has 0 saturated carbocycles. The van der Waals surface area contributed by atoms with Crippen LogP contribution in [0.25, 0.3) is 0 Å². The summed E-state index contributed by atoms with van der Waals surface area (Å²) in [5, 5.41) is 0. The lowest BCUT2D eigenvalue weighted by Gasteiger charge is -2.08. The van der Waals surface area contributed by atoms with Crippen LogP contribution in [-0.4, -0.2) is 42.7 Å². The summed E-state index contributed by atoms with van der Waals surface area (Å²) in [4.78, 5) is 0. The molecule has 0 spiro atoms. The molecule has 7 nitrogen and oxygen atoms in total. The molecule has 0 aromatic carbocycles. The highest BCUT2D eigenvalue weighted by Crippen LogP contribution is 2.46. The topological polar surface area (TPSA) is 72.5 Å². The molecule has 0 heterocycles. The molecule has 0 bridgehead atoms. The van der Waals surface area contributed by atoms with Crippen LogP contribution in [0.3, 0.4) is 0 Å². The van der Waals surface area contributed by atoms with Crippen molar-refractivity contribution in [2.24, 2.45) is 0 Å². The minimum atomic E-state index is -3.16. The minimum absolute atomic E-state index is 1.05. The second-order valence-corrected chi connectivity index (χ2v) is 5.30. The number of phosphoric ester groups is 1. The summed E-state index contributed by atoms with van der Waals surface area (Å²) < 4.78 is 37.7. The van der Waals surface area contributed by atoms with Crippen LogP contribution in [0.1, 0.15) is 0 Å². The van der Waals surface area contributed by atoms with Crippen molar-refractivity contribution in [3.63, 3.8) is 0 Å². The average Bonchev–Trinajstić information content (AvgIpc) is 2.31. The summed E-state index contributed by atoms with van der Waals surface area (Å²) in [5.41, 5.74) is 0. The summed E-state index contributed by atoms with van der Waals surface area (Å²) in [5.74, 6) is 0. The third kappa shape index (κ3) is 9.35. The molecule has 0 aliphatic heterocycles. The van der Waals surface area contributed by atoms with Gasteiger partial charge in [-0.3, -0.25) is 13.6 Å². The van der Waals surface area contributed by atoms with Gasteiger partial charge in [-0.2, -0.15) is 0 Å². The predicted octanol–water partition coefficient (Wildman–Crippen LogP) is 2.19. The van der Waals surface area contributed by atoms with Gasteiger partial charge in [-0.25, -0.2) is 4.57 Å². The van der Waals surface area contributed by atoms with Gasteiger partial charge in [0, 0.05) is 42.7 Å². The molecule has 0 aliphatic carbocycles. The van der Waals surface area contributed by atoms with E-state index in [0.29, 0.717) is 0 Å². The summed E-state index contributed by atoms with van der Waals surface area (Å²) >= 11 is 0. The normalized spacial score (nSPS) is 11.1. The SMILES string of the molecule is COP(=O)(OC)OC.COP(OC)OC. The fourth-order valence-corrected chi connectivity index (χ4v) is 1.34. The molecule has 94 valence electrons. The molecule has 0 radical (unpaired) electrons. The Labute approximate surface area is 91.6 Å². The molecule has 0 amide bonds. The maximum Gasteiger partial charge on any atom is 0.473 e. The first-order chi connectivity index (χ1) is 7.03. The van der Waals surface area contributed by atoms with E-state index in [-0.39, 0.29) is 0 Å². The molecule has 0 aromatic rings. The molecule has 0 unspecified atom stereocenters. The van der Waals surface area contributed by atoms with Gasteiger partial charge in [-0.05, 0) is 0 Å². The van der Waals surface area contributed by atoms with Gasteiger partial charge in [0.2, 0.25) is 0 Å². The predicted molar refractivity (Wildman–Crippen MR) is 56.6 cm³/mol. The lowest BCUT2D eigenvalue weighted by molar-refractivity contribution is 0.178. The van der Waals surface area contributed by atoms with Crippen LogP contribution >= 0.6 is 16.4 Å². The van der Waals surface area contributed by atoms with E-state index < -0.39 is 16.4 Å². The Kier molecular flexibility index (Phi) is 13.0. The number of hydrogen-bond donors (Lipinski definition) is 0. The quantitative estimate of drug-likeness (QED) is 0.681. The largest absolute Gasteiger partial charge is 0.473 e. The first-order valence-electron chi connectivity index (χ1n) is 3.73. The standard InChI is InChI=1S/C3H9O4P.C3H9O3P/c1-5-8(4,6-2)7-3;1-4-7(5-2)6-3/h1-3H3;1-3H3. The zero-order chi connectivity index (χ0) is 12.3. The van der Waals surface area contributed by atoms with Crippen molar-refractivity contribution >= 4 is 16.4 Å². The van der Waals surface area contributed by atoms with E-state index >= 15 is 0 Å². The Morgan fingerprint density at radius 1 is 0.733 bits per heavy atom. The third-order valence-electron chi connectivity index (χ3n) is 1.12. The van der Waals surface area contributed by atoms with Crippen molar-refractivity contribution in [1.82, 2.24) is 0 Å². The van der Waals surface area contributed by atoms with Crippen LogP contribution in [0.2, 0.25) is 0 Å². The highest BCUT2D eigenvalue weighted by atomic mass is 31.2. The van der Waals surface area contributed by atoms with Gasteiger partial charge >= 0.3 is 16.4 Å². The van der Waals surface area contributed by atoms with Gasteiger partial charge in [0.15, 0.2) is 0 Å². The maximum absolute atomic E-state index is 10.7. The molecule has 15 heavy (non-hydrogen) atoms. The number of rotatable bonds is 6. The summed E-state index contributed by atoms with van der Waals surface area (Å²) in [6.45, 7) is 0. The van der Waals surface area contributed by atoms with Crippen LogP contribution < -0.4 is 0 Å². The number of phosphoric acid groups is 1. The molecule has 0 fully saturated rings. The first kappa shape index (κ1) is 17.8. The zero-order valence-electron chi connectivity index (χ0n) is 9.75. The van der Waals surface area contributed by atoms with Gasteiger partial charge in [0.1, 0.15) is 0 Å². The van der Waals surface area contributed by atoms with E-state index in [1.54, 1.807) is 21.3 Å². The van der Waals surface area contributed by atoms with Crippen molar-refractivity contribution in [2.45, 2.75) is 0 Å². The second kappa shape index (κ2) is 10.9. The Morgan fingerprint density at radius 2 is 1.00 bits per heavy atom. The first-order valence-corrected chi connectivity index (χ1v) is 6.28. The van der Waals surface area contributed by atoms with Crippen LogP contribution in [0.5, 0.6) is 0 Å². The van der Waals surface area contributed by atoms with Crippen molar-refractivity contribution in [3.05, 3.63) is 0 Å². The smallest absolute Gasteiger partial charge is 0.316 e. The van der Waals surface area contributed by atoms with E-state index in [0.717, 1.165) is 0 Å². The average molecular weight is 264 g/mol. The van der Waals surface area contributed by atoms with Crippen molar-refractivity contribution in [3.8, 4) is 0 Å². The van der Waals surface area contributed by atoms with Crippen LogP contribution in [0, 0.1) is 0 Å². The molecule has 0 aliphatic rings. The fourth-order valence-electron chi connectivity index (χ4n) is 0.447. The van der Waals surface area contributed by atoms with E-state index in [4.69, 9.17) is 0 Å². The Hall–Kier alpha value is 0.420.